The number of halogens is 2. The van der Waals surface area contributed by atoms with Gasteiger partial charge in [-0.2, -0.15) is 0 Å². The molecule has 146 valence electrons. The number of amides is 1. The van der Waals surface area contributed by atoms with Crippen LogP contribution in [0.2, 0.25) is 0 Å². The van der Waals surface area contributed by atoms with Gasteiger partial charge in [0.25, 0.3) is 0 Å². The summed E-state index contributed by atoms with van der Waals surface area (Å²) < 4.78 is 6.04. The quantitative estimate of drug-likeness (QED) is 0.371. The van der Waals surface area contributed by atoms with Crippen molar-refractivity contribution < 1.29 is 14.5 Å². The molecule has 0 aliphatic rings. The Kier molecular flexibility index (Phi) is 7.26. The van der Waals surface area contributed by atoms with Gasteiger partial charge in [-0.25, -0.2) is 14.3 Å². The first-order valence-electron chi connectivity index (χ1n) is 7.95. The van der Waals surface area contributed by atoms with Crippen molar-refractivity contribution in [3.05, 3.63) is 40.6 Å². The maximum atomic E-state index is 12.3. The van der Waals surface area contributed by atoms with Crippen molar-refractivity contribution in [2.75, 3.05) is 41.8 Å². The number of carbonyl (C=O) groups is 1. The van der Waals surface area contributed by atoms with Crippen LogP contribution in [0.3, 0.4) is 0 Å². The monoisotopic (exact) mass is 415 g/mol. The molecule has 0 spiro atoms. The summed E-state index contributed by atoms with van der Waals surface area (Å²) >= 11 is 11.7. The van der Waals surface area contributed by atoms with Gasteiger partial charge in [-0.1, -0.05) is 4.98 Å². The standard InChI is InChI=1S/C16H19Cl2N5O4/c1-20-14(11-19-15(20)23(25)26)22(16(24)27-2)13-5-3-12(4-6-13)21(9-7-17)10-8-18/h3-6,11H,7-10H2,1-2H3. The minimum absolute atomic E-state index is 0.208. The van der Waals surface area contributed by atoms with Gasteiger partial charge in [-0.3, -0.25) is 0 Å². The van der Waals surface area contributed by atoms with Crippen LogP contribution in [0.15, 0.2) is 30.5 Å². The number of benzene rings is 1. The van der Waals surface area contributed by atoms with E-state index in [1.165, 1.54) is 29.8 Å². The van der Waals surface area contributed by atoms with E-state index in [1.807, 2.05) is 17.0 Å². The van der Waals surface area contributed by atoms with Gasteiger partial charge >= 0.3 is 12.0 Å². The summed E-state index contributed by atoms with van der Waals surface area (Å²) in [5.41, 5.74) is 1.36. The molecule has 0 fully saturated rings. The summed E-state index contributed by atoms with van der Waals surface area (Å²) in [6, 6.07) is 7.05. The fourth-order valence-electron chi connectivity index (χ4n) is 2.58. The van der Waals surface area contributed by atoms with Crippen molar-refractivity contribution in [2.45, 2.75) is 0 Å². The number of ether oxygens (including phenoxy) is 1. The molecule has 1 aromatic heterocycles. The molecule has 0 atom stereocenters. The summed E-state index contributed by atoms with van der Waals surface area (Å²) in [5.74, 6) is 0.725. The molecule has 1 amide bonds. The molecule has 0 saturated heterocycles. The first-order valence-corrected chi connectivity index (χ1v) is 9.02. The number of rotatable bonds is 8. The van der Waals surface area contributed by atoms with E-state index < -0.39 is 11.0 Å². The number of hydrogen-bond donors (Lipinski definition) is 0. The lowest BCUT2D eigenvalue weighted by atomic mass is 10.2. The highest BCUT2D eigenvalue weighted by Crippen LogP contribution is 2.30. The molecule has 9 nitrogen and oxygen atoms in total. The number of nitrogens with zero attached hydrogens (tertiary/aromatic N) is 5. The van der Waals surface area contributed by atoms with Crippen LogP contribution in [0, 0.1) is 10.1 Å². The SMILES string of the molecule is COC(=O)N(c1ccc(N(CCCl)CCCl)cc1)c1cnc([N+](=O)[O-])n1C. The molecule has 1 aromatic carbocycles. The fraction of sp³-hybridized carbons (Fsp3) is 0.375. The molecule has 0 bridgehead atoms. The molecule has 2 aromatic rings. The number of hydrogen-bond acceptors (Lipinski definition) is 6. The normalized spacial score (nSPS) is 10.5. The predicted octanol–water partition coefficient (Wildman–Crippen LogP) is 3.52. The Balaban J connectivity index is 2.40. The van der Waals surface area contributed by atoms with Crippen LogP contribution in [0.4, 0.5) is 27.9 Å². The zero-order valence-corrected chi connectivity index (χ0v) is 16.4. The van der Waals surface area contributed by atoms with Crippen LogP contribution in [-0.2, 0) is 11.8 Å². The zero-order chi connectivity index (χ0) is 20.0. The first-order chi connectivity index (χ1) is 12.9. The van der Waals surface area contributed by atoms with E-state index in [1.54, 1.807) is 12.1 Å². The molecule has 0 aliphatic heterocycles. The third-order valence-corrected chi connectivity index (χ3v) is 4.21. The average Bonchev–Trinajstić information content (AvgIpc) is 3.04. The maximum Gasteiger partial charge on any atom is 0.436 e. The van der Waals surface area contributed by atoms with E-state index in [-0.39, 0.29) is 11.8 Å². The van der Waals surface area contributed by atoms with Crippen molar-refractivity contribution in [2.24, 2.45) is 7.05 Å². The van der Waals surface area contributed by atoms with E-state index in [0.717, 1.165) is 5.69 Å². The minimum atomic E-state index is -0.695. The Morgan fingerprint density at radius 1 is 1.22 bits per heavy atom. The molecular weight excluding hydrogens is 397 g/mol. The lowest BCUT2D eigenvalue weighted by Gasteiger charge is -2.24. The summed E-state index contributed by atoms with van der Waals surface area (Å²) in [7, 11) is 2.69. The second-order valence-corrected chi connectivity index (χ2v) is 6.18. The highest BCUT2D eigenvalue weighted by atomic mass is 35.5. The molecule has 11 heteroatoms. The van der Waals surface area contributed by atoms with Crippen LogP contribution in [0.1, 0.15) is 0 Å². The summed E-state index contributed by atoms with van der Waals surface area (Å²) in [6.45, 7) is 1.25. The summed E-state index contributed by atoms with van der Waals surface area (Å²) in [6.07, 6.45) is 0.551. The number of aromatic nitrogens is 2. The van der Waals surface area contributed by atoms with Crippen LogP contribution in [0.25, 0.3) is 0 Å². The number of methoxy groups -OCH3 is 1. The van der Waals surface area contributed by atoms with Crippen molar-refractivity contribution >= 4 is 52.4 Å². The van der Waals surface area contributed by atoms with Gasteiger partial charge < -0.3 is 19.8 Å². The van der Waals surface area contributed by atoms with Gasteiger partial charge in [0.2, 0.25) is 5.82 Å². The van der Waals surface area contributed by atoms with Crippen molar-refractivity contribution in [3.8, 4) is 0 Å². The number of nitro groups is 1. The predicted molar refractivity (Wildman–Crippen MR) is 105 cm³/mol. The van der Waals surface area contributed by atoms with Gasteiger partial charge in [-0.05, 0) is 29.2 Å². The minimum Gasteiger partial charge on any atom is -0.452 e. The van der Waals surface area contributed by atoms with Crippen molar-refractivity contribution in [1.82, 2.24) is 9.55 Å². The average molecular weight is 416 g/mol. The van der Waals surface area contributed by atoms with E-state index in [4.69, 9.17) is 27.9 Å². The maximum absolute atomic E-state index is 12.3. The largest absolute Gasteiger partial charge is 0.452 e. The van der Waals surface area contributed by atoms with E-state index in [9.17, 15) is 14.9 Å². The lowest BCUT2D eigenvalue weighted by Crippen LogP contribution is -2.29. The summed E-state index contributed by atoms with van der Waals surface area (Å²) in [5, 5.41) is 11.0. The second-order valence-electron chi connectivity index (χ2n) is 5.42. The third-order valence-electron chi connectivity index (χ3n) is 3.87. The Labute approximate surface area is 166 Å². The van der Waals surface area contributed by atoms with Crippen molar-refractivity contribution in [3.63, 3.8) is 0 Å². The van der Waals surface area contributed by atoms with Crippen LogP contribution in [0.5, 0.6) is 0 Å². The smallest absolute Gasteiger partial charge is 0.436 e. The number of anilines is 3. The van der Waals surface area contributed by atoms with E-state index in [0.29, 0.717) is 30.5 Å². The first kappa shape index (κ1) is 20.8. The van der Waals surface area contributed by atoms with Gasteiger partial charge in [0.1, 0.15) is 0 Å². The highest BCUT2D eigenvalue weighted by molar-refractivity contribution is 6.18. The Morgan fingerprint density at radius 3 is 2.22 bits per heavy atom. The fourth-order valence-corrected chi connectivity index (χ4v) is 2.99. The molecule has 2 rings (SSSR count). The van der Waals surface area contributed by atoms with Crippen LogP contribution in [-0.4, -0.2) is 52.5 Å². The Morgan fingerprint density at radius 2 is 1.78 bits per heavy atom. The van der Waals surface area contributed by atoms with Gasteiger partial charge in [-0.15, -0.1) is 23.2 Å². The molecule has 0 aliphatic carbocycles. The van der Waals surface area contributed by atoms with Gasteiger partial charge in [0.15, 0.2) is 6.20 Å². The molecule has 0 unspecified atom stereocenters. The number of carbonyl (C=O) groups excluding carboxylic acids is 1. The molecule has 27 heavy (non-hydrogen) atoms. The lowest BCUT2D eigenvalue weighted by molar-refractivity contribution is -0.396. The van der Waals surface area contributed by atoms with Crippen molar-refractivity contribution in [1.29, 1.82) is 0 Å². The molecule has 0 radical (unpaired) electrons. The van der Waals surface area contributed by atoms with Gasteiger partial charge in [0, 0.05) is 30.5 Å². The third kappa shape index (κ3) is 4.61. The van der Waals surface area contributed by atoms with E-state index >= 15 is 0 Å². The molecule has 0 N–H and O–H groups in total. The molecule has 1 heterocycles. The number of alkyl halides is 2. The topological polar surface area (TPSA) is 93.7 Å². The Bertz CT molecular complexity index is 791. The molecular formula is C16H19Cl2N5O4. The highest BCUT2D eigenvalue weighted by Gasteiger charge is 2.28. The summed E-state index contributed by atoms with van der Waals surface area (Å²) in [4.78, 5) is 29.7. The van der Waals surface area contributed by atoms with Crippen LogP contribution >= 0.6 is 23.2 Å². The number of imidazole rings is 1. The zero-order valence-electron chi connectivity index (χ0n) is 14.8. The van der Waals surface area contributed by atoms with Gasteiger partial charge in [0.05, 0.1) is 19.8 Å². The Hall–Kier alpha value is -2.52. The van der Waals surface area contributed by atoms with E-state index in [2.05, 4.69) is 4.98 Å². The molecule has 0 saturated carbocycles. The van der Waals surface area contributed by atoms with Crippen LogP contribution < -0.4 is 9.80 Å². The second kappa shape index (κ2) is 9.43.